The number of ether oxygens (including phenoxy) is 1. The minimum absolute atomic E-state index is 0.0986. The van der Waals surface area contributed by atoms with E-state index in [4.69, 9.17) is 9.15 Å². The van der Waals surface area contributed by atoms with Crippen molar-refractivity contribution in [1.29, 1.82) is 0 Å². The standard InChI is InChI=1S/C15H19FN2O5S/c1-10-2-3-12(22-10)14(19)17-7-11-6-13-15(8-17,23-11)9-18(5-4-16)24(13,20)21/h2-3,11,13H,4-9H2,1H3/t11-,13+,15+/m1/s1. The summed E-state index contributed by atoms with van der Waals surface area (Å²) in [5.74, 6) is 0.615. The normalized spacial score (nSPS) is 34.5. The van der Waals surface area contributed by atoms with Gasteiger partial charge in [0, 0.05) is 19.6 Å². The molecule has 1 amide bonds. The fourth-order valence-electron chi connectivity index (χ4n) is 4.10. The second-order valence-electron chi connectivity index (χ2n) is 6.69. The highest BCUT2D eigenvalue weighted by atomic mass is 32.2. The average molecular weight is 358 g/mol. The Morgan fingerprint density at radius 1 is 1.42 bits per heavy atom. The van der Waals surface area contributed by atoms with Gasteiger partial charge in [-0.05, 0) is 25.5 Å². The van der Waals surface area contributed by atoms with Crippen molar-refractivity contribution < 1.29 is 26.8 Å². The lowest BCUT2D eigenvalue weighted by atomic mass is 9.99. The summed E-state index contributed by atoms with van der Waals surface area (Å²) in [6.07, 6.45) is 0.0255. The van der Waals surface area contributed by atoms with Gasteiger partial charge in [0.05, 0.1) is 12.6 Å². The van der Waals surface area contributed by atoms with Gasteiger partial charge < -0.3 is 14.1 Å². The number of aryl methyl sites for hydroxylation is 1. The Labute approximate surface area is 139 Å². The topological polar surface area (TPSA) is 80.1 Å². The van der Waals surface area contributed by atoms with Crippen LogP contribution in [0.4, 0.5) is 4.39 Å². The maximum atomic E-state index is 12.7. The first-order valence-corrected chi connectivity index (χ1v) is 9.44. The van der Waals surface area contributed by atoms with E-state index in [1.165, 1.54) is 0 Å². The summed E-state index contributed by atoms with van der Waals surface area (Å²) in [5, 5.41) is -0.710. The van der Waals surface area contributed by atoms with Crippen LogP contribution in [-0.4, -0.2) is 73.3 Å². The summed E-state index contributed by atoms with van der Waals surface area (Å²) >= 11 is 0. The van der Waals surface area contributed by atoms with Crippen LogP contribution >= 0.6 is 0 Å². The Bertz CT molecular complexity index is 779. The van der Waals surface area contributed by atoms with Crippen molar-refractivity contribution in [1.82, 2.24) is 9.21 Å². The summed E-state index contributed by atoms with van der Waals surface area (Å²) in [4.78, 5) is 14.2. The first-order chi connectivity index (χ1) is 11.4. The van der Waals surface area contributed by atoms with Gasteiger partial charge in [0.15, 0.2) is 5.76 Å². The van der Waals surface area contributed by atoms with Crippen LogP contribution in [0, 0.1) is 6.92 Å². The summed E-state index contributed by atoms with van der Waals surface area (Å²) in [6.45, 7) is 1.47. The molecule has 3 aliphatic heterocycles. The molecule has 3 atom stereocenters. The zero-order valence-electron chi connectivity index (χ0n) is 13.3. The van der Waals surface area contributed by atoms with Gasteiger partial charge in [0.25, 0.3) is 5.91 Å². The van der Waals surface area contributed by atoms with Crippen LogP contribution in [0.25, 0.3) is 0 Å². The van der Waals surface area contributed by atoms with Crippen molar-refractivity contribution in [3.63, 3.8) is 0 Å². The lowest BCUT2D eigenvalue weighted by Crippen LogP contribution is -2.56. The van der Waals surface area contributed by atoms with E-state index in [1.54, 1.807) is 24.0 Å². The third-order valence-electron chi connectivity index (χ3n) is 5.08. The smallest absolute Gasteiger partial charge is 0.289 e. The van der Waals surface area contributed by atoms with E-state index >= 15 is 0 Å². The molecule has 0 radical (unpaired) electrons. The number of nitrogens with zero attached hydrogens (tertiary/aromatic N) is 2. The van der Waals surface area contributed by atoms with E-state index in [9.17, 15) is 17.6 Å². The molecule has 24 heavy (non-hydrogen) atoms. The predicted octanol–water partition coefficient (Wildman–Crippen LogP) is 0.555. The van der Waals surface area contributed by atoms with Crippen LogP contribution in [0.3, 0.4) is 0 Å². The molecule has 1 aromatic rings. The highest BCUT2D eigenvalue weighted by molar-refractivity contribution is 7.90. The largest absolute Gasteiger partial charge is 0.456 e. The number of fused-ring (bicyclic) bond motifs is 1. The van der Waals surface area contributed by atoms with Crippen molar-refractivity contribution in [3.05, 3.63) is 23.7 Å². The first-order valence-electron chi connectivity index (χ1n) is 7.94. The number of furan rings is 1. The molecular weight excluding hydrogens is 339 g/mol. The van der Waals surface area contributed by atoms with Gasteiger partial charge in [-0.3, -0.25) is 4.79 Å². The van der Waals surface area contributed by atoms with E-state index in [-0.39, 0.29) is 37.4 Å². The molecule has 0 aromatic carbocycles. The zero-order valence-corrected chi connectivity index (χ0v) is 14.1. The second-order valence-corrected chi connectivity index (χ2v) is 8.81. The molecule has 3 saturated heterocycles. The maximum absolute atomic E-state index is 12.7. The van der Waals surface area contributed by atoms with E-state index < -0.39 is 27.5 Å². The predicted molar refractivity (Wildman–Crippen MR) is 81.8 cm³/mol. The number of sulfonamides is 1. The molecule has 3 aliphatic rings. The Hall–Kier alpha value is -1.45. The van der Waals surface area contributed by atoms with Crippen LogP contribution in [0.15, 0.2) is 16.5 Å². The molecule has 0 N–H and O–H groups in total. The van der Waals surface area contributed by atoms with Gasteiger partial charge >= 0.3 is 0 Å². The molecule has 0 aliphatic carbocycles. The molecule has 132 valence electrons. The molecule has 1 spiro atoms. The van der Waals surface area contributed by atoms with Gasteiger partial charge in [0.1, 0.15) is 23.3 Å². The Kier molecular flexibility index (Phi) is 3.52. The van der Waals surface area contributed by atoms with Crippen LogP contribution in [0.1, 0.15) is 22.7 Å². The first kappa shape index (κ1) is 16.0. The number of amides is 1. The number of morpholine rings is 1. The number of hydrogen-bond acceptors (Lipinski definition) is 5. The van der Waals surface area contributed by atoms with E-state index in [0.717, 1.165) is 4.31 Å². The summed E-state index contributed by atoms with van der Waals surface area (Å²) < 4.78 is 50.4. The monoisotopic (exact) mass is 358 g/mol. The molecule has 7 nitrogen and oxygen atoms in total. The number of likely N-dealkylation sites (tertiary alicyclic amines) is 1. The van der Waals surface area contributed by atoms with Crippen molar-refractivity contribution in [2.24, 2.45) is 0 Å². The molecule has 9 heteroatoms. The number of rotatable bonds is 3. The number of halogens is 1. The van der Waals surface area contributed by atoms with Crippen LogP contribution in [0.2, 0.25) is 0 Å². The summed E-state index contributed by atoms with van der Waals surface area (Å²) in [6, 6.07) is 3.33. The summed E-state index contributed by atoms with van der Waals surface area (Å²) in [7, 11) is -3.59. The number of hydrogen-bond donors (Lipinski definition) is 0. The minimum Gasteiger partial charge on any atom is -0.456 e. The third-order valence-corrected chi connectivity index (χ3v) is 7.46. The van der Waals surface area contributed by atoms with Gasteiger partial charge in [-0.15, -0.1) is 0 Å². The second kappa shape index (κ2) is 5.27. The van der Waals surface area contributed by atoms with Crippen molar-refractivity contribution in [2.45, 2.75) is 30.3 Å². The van der Waals surface area contributed by atoms with Crippen LogP contribution in [0.5, 0.6) is 0 Å². The SMILES string of the molecule is Cc1ccc(C(=O)N2C[C@H]3C[C@H]4[C@](C2)(CN(CCF)S4(=O)=O)O3)o1. The Morgan fingerprint density at radius 2 is 2.21 bits per heavy atom. The molecule has 3 fully saturated rings. The van der Waals surface area contributed by atoms with Crippen molar-refractivity contribution >= 4 is 15.9 Å². The highest BCUT2D eigenvalue weighted by Crippen LogP contribution is 2.46. The number of carbonyl (C=O) groups is 1. The Balaban J connectivity index is 1.62. The molecule has 0 unspecified atom stereocenters. The number of carbonyl (C=O) groups excluding carboxylic acids is 1. The van der Waals surface area contributed by atoms with E-state index in [1.807, 2.05) is 0 Å². The average Bonchev–Trinajstić information content (AvgIpc) is 3.12. The molecule has 4 heterocycles. The highest BCUT2D eigenvalue weighted by Gasteiger charge is 2.65. The van der Waals surface area contributed by atoms with Gasteiger partial charge in [0.2, 0.25) is 10.0 Å². The van der Waals surface area contributed by atoms with E-state index in [2.05, 4.69) is 0 Å². The molecule has 1 aromatic heterocycles. The van der Waals surface area contributed by atoms with Crippen LogP contribution in [-0.2, 0) is 14.8 Å². The third kappa shape index (κ3) is 2.21. The fraction of sp³-hybridized carbons (Fsp3) is 0.667. The zero-order chi connectivity index (χ0) is 17.1. The lowest BCUT2D eigenvalue weighted by molar-refractivity contribution is -0.0981. The van der Waals surface area contributed by atoms with Gasteiger partial charge in [-0.25, -0.2) is 12.8 Å². The molecule has 2 bridgehead atoms. The quantitative estimate of drug-likeness (QED) is 0.789. The van der Waals surface area contributed by atoms with Gasteiger partial charge in [-0.1, -0.05) is 0 Å². The van der Waals surface area contributed by atoms with Crippen LogP contribution < -0.4 is 0 Å². The Morgan fingerprint density at radius 3 is 2.88 bits per heavy atom. The lowest BCUT2D eigenvalue weighted by Gasteiger charge is -2.39. The minimum atomic E-state index is -3.59. The fourth-order valence-corrected chi connectivity index (χ4v) is 6.39. The molecule has 4 rings (SSSR count). The van der Waals surface area contributed by atoms with Gasteiger partial charge in [-0.2, -0.15) is 4.31 Å². The molecular formula is C15H19FN2O5S. The molecule has 0 saturated carbocycles. The van der Waals surface area contributed by atoms with Crippen molar-refractivity contribution in [2.75, 3.05) is 32.9 Å². The maximum Gasteiger partial charge on any atom is 0.289 e. The van der Waals surface area contributed by atoms with Crippen molar-refractivity contribution in [3.8, 4) is 0 Å². The number of alkyl halides is 1. The summed E-state index contributed by atoms with van der Waals surface area (Å²) in [5.41, 5.74) is -0.964. The van der Waals surface area contributed by atoms with E-state index in [0.29, 0.717) is 18.7 Å².